The summed E-state index contributed by atoms with van der Waals surface area (Å²) in [4.78, 5) is 25.1. The summed E-state index contributed by atoms with van der Waals surface area (Å²) in [6.07, 6.45) is 2.76. The fraction of sp³-hybridized carbons (Fsp3) is 0.250. The van der Waals surface area contributed by atoms with Gasteiger partial charge in [-0.15, -0.1) is 0 Å². The lowest BCUT2D eigenvalue weighted by Gasteiger charge is -2.18. The number of nitrogens with one attached hydrogen (secondary N) is 1. The van der Waals surface area contributed by atoms with Gasteiger partial charge >= 0.3 is 0 Å². The Morgan fingerprint density at radius 1 is 1.37 bits per heavy atom. The van der Waals surface area contributed by atoms with Crippen molar-refractivity contribution in [1.29, 1.82) is 0 Å². The molecule has 0 aliphatic carbocycles. The molecule has 7 nitrogen and oxygen atoms in total. The van der Waals surface area contributed by atoms with Gasteiger partial charge in [0.15, 0.2) is 11.6 Å². The van der Waals surface area contributed by atoms with Gasteiger partial charge < -0.3 is 19.2 Å². The zero-order chi connectivity index (χ0) is 13.7. The highest BCUT2D eigenvalue weighted by atomic mass is 16.5. The van der Waals surface area contributed by atoms with Crippen LogP contribution >= 0.6 is 0 Å². The number of nitrogens with zero attached hydrogens (tertiary/aromatic N) is 2. The van der Waals surface area contributed by atoms with Crippen LogP contribution in [-0.2, 0) is 4.79 Å². The third-order valence-electron chi connectivity index (χ3n) is 2.44. The number of rotatable bonds is 5. The number of likely N-dealkylation sites (N-methyl/N-ethyl adjacent to an activating group) is 1. The molecule has 0 unspecified atom stereocenters. The van der Waals surface area contributed by atoms with Crippen molar-refractivity contribution in [2.75, 3.05) is 18.4 Å². The summed E-state index contributed by atoms with van der Waals surface area (Å²) >= 11 is 0. The van der Waals surface area contributed by atoms with Crippen molar-refractivity contribution >= 4 is 17.6 Å². The average Bonchev–Trinajstić information content (AvgIpc) is 3.07. The van der Waals surface area contributed by atoms with Crippen LogP contribution in [0.3, 0.4) is 0 Å². The van der Waals surface area contributed by atoms with Crippen LogP contribution in [-0.4, -0.2) is 35.0 Å². The molecule has 0 spiro atoms. The molecule has 0 bridgehead atoms. The molecule has 1 N–H and O–H groups in total. The number of hydrogen-bond acceptors (Lipinski definition) is 5. The number of carbonyl (C=O) groups is 2. The van der Waals surface area contributed by atoms with Crippen LogP contribution in [0.25, 0.3) is 0 Å². The lowest BCUT2D eigenvalue weighted by molar-refractivity contribution is -0.116. The molecule has 7 heteroatoms. The van der Waals surface area contributed by atoms with E-state index >= 15 is 0 Å². The van der Waals surface area contributed by atoms with Crippen molar-refractivity contribution < 1.29 is 18.5 Å². The minimum atomic E-state index is -0.351. The fourth-order valence-electron chi connectivity index (χ4n) is 1.52. The normalized spacial score (nSPS) is 10.2. The molecule has 2 aromatic heterocycles. The lowest BCUT2D eigenvalue weighted by Crippen LogP contribution is -2.37. The summed E-state index contributed by atoms with van der Waals surface area (Å²) in [6.45, 7) is 2.10. The molecule has 2 aromatic rings. The fourth-order valence-corrected chi connectivity index (χ4v) is 1.52. The molecule has 0 fully saturated rings. The van der Waals surface area contributed by atoms with Crippen LogP contribution in [0, 0.1) is 0 Å². The first-order valence-corrected chi connectivity index (χ1v) is 5.73. The molecule has 100 valence electrons. The van der Waals surface area contributed by atoms with Crippen molar-refractivity contribution in [1.82, 2.24) is 10.1 Å². The van der Waals surface area contributed by atoms with Crippen LogP contribution in [0.1, 0.15) is 17.5 Å². The maximum absolute atomic E-state index is 12.0. The van der Waals surface area contributed by atoms with Gasteiger partial charge in [-0.3, -0.25) is 9.59 Å². The second-order valence-corrected chi connectivity index (χ2v) is 3.73. The zero-order valence-corrected chi connectivity index (χ0v) is 10.3. The summed E-state index contributed by atoms with van der Waals surface area (Å²) in [7, 11) is 0. The van der Waals surface area contributed by atoms with Crippen molar-refractivity contribution in [3.63, 3.8) is 0 Å². The lowest BCUT2D eigenvalue weighted by atomic mass is 10.3. The molecule has 0 aromatic carbocycles. The Morgan fingerprint density at radius 3 is 2.79 bits per heavy atom. The van der Waals surface area contributed by atoms with E-state index in [2.05, 4.69) is 15.0 Å². The van der Waals surface area contributed by atoms with E-state index in [-0.39, 0.29) is 24.1 Å². The quantitative estimate of drug-likeness (QED) is 0.880. The maximum atomic E-state index is 12.0. The molecule has 2 heterocycles. The van der Waals surface area contributed by atoms with Crippen molar-refractivity contribution in [2.45, 2.75) is 6.92 Å². The van der Waals surface area contributed by atoms with Gasteiger partial charge in [0.2, 0.25) is 5.91 Å². The second-order valence-electron chi connectivity index (χ2n) is 3.73. The molecular formula is C12H13N3O4. The van der Waals surface area contributed by atoms with Crippen LogP contribution in [0.15, 0.2) is 39.7 Å². The van der Waals surface area contributed by atoms with E-state index < -0.39 is 0 Å². The second kappa shape index (κ2) is 5.85. The molecule has 0 aliphatic heterocycles. The molecular weight excluding hydrogens is 250 g/mol. The van der Waals surface area contributed by atoms with E-state index in [0.29, 0.717) is 12.4 Å². The molecule has 0 saturated heterocycles. The smallest absolute Gasteiger partial charge is 0.290 e. The van der Waals surface area contributed by atoms with Crippen molar-refractivity contribution in [3.05, 3.63) is 36.5 Å². The van der Waals surface area contributed by atoms with Crippen LogP contribution < -0.4 is 5.32 Å². The van der Waals surface area contributed by atoms with E-state index in [0.717, 1.165) is 0 Å². The monoisotopic (exact) mass is 263 g/mol. The Balaban J connectivity index is 1.95. The van der Waals surface area contributed by atoms with E-state index in [4.69, 9.17) is 4.42 Å². The van der Waals surface area contributed by atoms with Gasteiger partial charge in [0.1, 0.15) is 12.8 Å². The summed E-state index contributed by atoms with van der Waals surface area (Å²) in [5.74, 6) is -0.166. The number of anilines is 1. The number of carbonyl (C=O) groups excluding carboxylic acids is 2. The highest BCUT2D eigenvalue weighted by Crippen LogP contribution is 2.06. The van der Waals surface area contributed by atoms with Gasteiger partial charge in [-0.2, -0.15) is 0 Å². The van der Waals surface area contributed by atoms with Crippen molar-refractivity contribution in [3.8, 4) is 0 Å². The predicted octanol–water partition coefficient (Wildman–Crippen LogP) is 1.37. The standard InChI is InChI=1S/C12H13N3O4/c1-2-15(12(17)9-4-3-6-18-9)8-11(16)13-10-5-7-19-14-10/h3-7H,2,8H2,1H3,(H,13,14,16). The Kier molecular flexibility index (Phi) is 3.97. The molecule has 19 heavy (non-hydrogen) atoms. The number of aromatic nitrogens is 1. The van der Waals surface area contributed by atoms with E-state index in [1.807, 2.05) is 0 Å². The molecule has 2 rings (SSSR count). The molecule has 0 radical (unpaired) electrons. The molecule has 0 atom stereocenters. The van der Waals surface area contributed by atoms with Crippen LogP contribution in [0.4, 0.5) is 5.82 Å². The third kappa shape index (κ3) is 3.21. The van der Waals surface area contributed by atoms with E-state index in [1.165, 1.54) is 23.5 Å². The molecule has 0 saturated carbocycles. The number of furan rings is 1. The zero-order valence-electron chi connectivity index (χ0n) is 10.3. The van der Waals surface area contributed by atoms with E-state index in [1.54, 1.807) is 19.1 Å². The van der Waals surface area contributed by atoms with Gasteiger partial charge in [0, 0.05) is 12.6 Å². The minimum absolute atomic E-state index is 0.0805. The van der Waals surface area contributed by atoms with Gasteiger partial charge in [-0.25, -0.2) is 0 Å². The van der Waals surface area contributed by atoms with Gasteiger partial charge in [0.05, 0.1) is 6.26 Å². The predicted molar refractivity (Wildman–Crippen MR) is 65.4 cm³/mol. The van der Waals surface area contributed by atoms with Gasteiger partial charge in [-0.05, 0) is 19.1 Å². The topological polar surface area (TPSA) is 88.6 Å². The van der Waals surface area contributed by atoms with Gasteiger partial charge in [-0.1, -0.05) is 5.16 Å². The first kappa shape index (κ1) is 12.9. The van der Waals surface area contributed by atoms with Crippen LogP contribution in [0.2, 0.25) is 0 Å². The van der Waals surface area contributed by atoms with Crippen molar-refractivity contribution in [2.24, 2.45) is 0 Å². The number of amides is 2. The Morgan fingerprint density at radius 2 is 2.21 bits per heavy atom. The first-order valence-electron chi connectivity index (χ1n) is 5.73. The highest BCUT2D eigenvalue weighted by molar-refractivity contribution is 5.97. The Hall–Kier alpha value is -2.57. The summed E-state index contributed by atoms with van der Waals surface area (Å²) < 4.78 is 9.61. The highest BCUT2D eigenvalue weighted by Gasteiger charge is 2.19. The largest absolute Gasteiger partial charge is 0.459 e. The molecule has 0 aliphatic rings. The summed E-state index contributed by atoms with van der Waals surface area (Å²) in [6, 6.07) is 4.69. The summed E-state index contributed by atoms with van der Waals surface area (Å²) in [5, 5.41) is 6.07. The van der Waals surface area contributed by atoms with E-state index in [9.17, 15) is 9.59 Å². The van der Waals surface area contributed by atoms with Crippen LogP contribution in [0.5, 0.6) is 0 Å². The first-order chi connectivity index (χ1) is 9.20. The Labute approximate surface area is 109 Å². The number of hydrogen-bond donors (Lipinski definition) is 1. The summed E-state index contributed by atoms with van der Waals surface area (Å²) in [5.41, 5.74) is 0. The third-order valence-corrected chi connectivity index (χ3v) is 2.44. The molecule has 2 amide bonds. The SMILES string of the molecule is CCN(CC(=O)Nc1ccon1)C(=O)c1ccco1. The Bertz CT molecular complexity index is 533. The minimum Gasteiger partial charge on any atom is -0.459 e. The maximum Gasteiger partial charge on any atom is 0.290 e. The van der Waals surface area contributed by atoms with Gasteiger partial charge in [0.25, 0.3) is 5.91 Å². The average molecular weight is 263 g/mol.